The van der Waals surface area contributed by atoms with Crippen molar-refractivity contribution in [3.8, 4) is 0 Å². The SMILES string of the molecule is CCCCC[C](N)NC(=O)Cc1ccccc1. The van der Waals surface area contributed by atoms with E-state index in [0.717, 1.165) is 31.2 Å². The summed E-state index contributed by atoms with van der Waals surface area (Å²) < 4.78 is 0. The largest absolute Gasteiger partial charge is 0.335 e. The van der Waals surface area contributed by atoms with E-state index in [1.54, 1.807) is 0 Å². The molecule has 3 nitrogen and oxygen atoms in total. The van der Waals surface area contributed by atoms with Crippen LogP contribution in [-0.2, 0) is 11.2 Å². The standard InChI is InChI=1S/C14H21N2O/c1-2-3-5-10-13(15)16-14(17)11-12-8-6-4-7-9-12/h4,6-9H,2-3,5,10-11,15H2,1H3,(H,16,17). The van der Waals surface area contributed by atoms with Crippen LogP contribution in [0.1, 0.15) is 38.2 Å². The van der Waals surface area contributed by atoms with Gasteiger partial charge in [0.25, 0.3) is 0 Å². The second kappa shape index (κ2) is 7.85. The van der Waals surface area contributed by atoms with E-state index in [-0.39, 0.29) is 5.91 Å². The molecule has 0 aliphatic heterocycles. The third kappa shape index (κ3) is 6.07. The van der Waals surface area contributed by atoms with Crippen LogP contribution in [0.25, 0.3) is 0 Å². The number of unbranched alkanes of at least 4 members (excludes halogenated alkanes) is 2. The molecule has 0 spiro atoms. The maximum Gasteiger partial charge on any atom is 0.225 e. The van der Waals surface area contributed by atoms with Gasteiger partial charge in [0, 0.05) is 0 Å². The Morgan fingerprint density at radius 2 is 1.94 bits per heavy atom. The molecule has 0 bridgehead atoms. The fourth-order valence-electron chi connectivity index (χ4n) is 1.63. The molecule has 1 amide bonds. The first-order valence-electron chi connectivity index (χ1n) is 6.17. The van der Waals surface area contributed by atoms with Crippen LogP contribution in [0.2, 0.25) is 0 Å². The molecule has 0 fully saturated rings. The van der Waals surface area contributed by atoms with Gasteiger partial charge in [-0.3, -0.25) is 4.79 Å². The van der Waals surface area contributed by atoms with Crippen molar-refractivity contribution < 1.29 is 4.79 Å². The average Bonchev–Trinajstić information content (AvgIpc) is 2.30. The van der Waals surface area contributed by atoms with E-state index in [1.807, 2.05) is 30.3 Å². The Balaban J connectivity index is 2.25. The molecule has 0 aliphatic rings. The van der Waals surface area contributed by atoms with Gasteiger partial charge in [-0.05, 0) is 18.4 Å². The number of rotatable bonds is 7. The van der Waals surface area contributed by atoms with E-state index in [4.69, 9.17) is 5.73 Å². The molecule has 0 aliphatic carbocycles. The zero-order valence-electron chi connectivity index (χ0n) is 10.4. The van der Waals surface area contributed by atoms with Gasteiger partial charge in [-0.15, -0.1) is 0 Å². The highest BCUT2D eigenvalue weighted by Crippen LogP contribution is 2.05. The first kappa shape index (κ1) is 13.7. The van der Waals surface area contributed by atoms with Gasteiger partial charge in [-0.1, -0.05) is 50.1 Å². The molecule has 1 radical (unpaired) electrons. The van der Waals surface area contributed by atoms with Crippen molar-refractivity contribution in [2.45, 2.75) is 39.0 Å². The molecule has 93 valence electrons. The number of carbonyl (C=O) groups is 1. The third-order valence-electron chi connectivity index (χ3n) is 2.56. The third-order valence-corrected chi connectivity index (χ3v) is 2.56. The molecule has 0 unspecified atom stereocenters. The van der Waals surface area contributed by atoms with Gasteiger partial charge in [0.1, 0.15) is 6.17 Å². The van der Waals surface area contributed by atoms with Gasteiger partial charge in [0.05, 0.1) is 6.42 Å². The smallest absolute Gasteiger partial charge is 0.225 e. The fraction of sp³-hybridized carbons (Fsp3) is 0.429. The van der Waals surface area contributed by atoms with Crippen molar-refractivity contribution in [2.75, 3.05) is 0 Å². The van der Waals surface area contributed by atoms with E-state index in [1.165, 1.54) is 0 Å². The molecule has 3 N–H and O–H groups in total. The van der Waals surface area contributed by atoms with Crippen molar-refractivity contribution in [3.63, 3.8) is 0 Å². The molecule has 0 saturated carbocycles. The van der Waals surface area contributed by atoms with E-state index in [2.05, 4.69) is 12.2 Å². The quantitative estimate of drug-likeness (QED) is 0.710. The minimum atomic E-state index is -0.0369. The minimum absolute atomic E-state index is 0.0369. The Morgan fingerprint density at radius 1 is 1.24 bits per heavy atom. The van der Waals surface area contributed by atoms with Crippen molar-refractivity contribution in [3.05, 3.63) is 42.1 Å². The molecule has 1 rings (SSSR count). The number of hydrogen-bond acceptors (Lipinski definition) is 2. The van der Waals surface area contributed by atoms with Gasteiger partial charge in [0.15, 0.2) is 0 Å². The summed E-state index contributed by atoms with van der Waals surface area (Å²) in [6, 6.07) is 9.67. The van der Waals surface area contributed by atoms with Crippen molar-refractivity contribution >= 4 is 5.91 Å². The number of nitrogens with two attached hydrogens (primary N) is 1. The topological polar surface area (TPSA) is 55.1 Å². The summed E-state index contributed by atoms with van der Waals surface area (Å²) in [5, 5.41) is 2.74. The predicted octanol–water partition coefficient (Wildman–Crippen LogP) is 2.37. The van der Waals surface area contributed by atoms with Crippen molar-refractivity contribution in [1.29, 1.82) is 0 Å². The molecule has 17 heavy (non-hydrogen) atoms. The van der Waals surface area contributed by atoms with E-state index in [9.17, 15) is 4.79 Å². The van der Waals surface area contributed by atoms with Crippen LogP contribution in [0.15, 0.2) is 30.3 Å². The van der Waals surface area contributed by atoms with E-state index in [0.29, 0.717) is 12.6 Å². The summed E-state index contributed by atoms with van der Waals surface area (Å²) in [5.74, 6) is -0.0369. The first-order chi connectivity index (χ1) is 8.22. The summed E-state index contributed by atoms with van der Waals surface area (Å²) in [6.07, 6.45) is 5.08. The molecule has 1 aromatic rings. The Bertz CT molecular complexity index is 324. The second-order valence-electron chi connectivity index (χ2n) is 4.19. The molecule has 3 heteroatoms. The van der Waals surface area contributed by atoms with Gasteiger partial charge in [-0.2, -0.15) is 0 Å². The Hall–Kier alpha value is -1.35. The van der Waals surface area contributed by atoms with Gasteiger partial charge >= 0.3 is 0 Å². The monoisotopic (exact) mass is 233 g/mol. The van der Waals surface area contributed by atoms with Crippen LogP contribution in [0.3, 0.4) is 0 Å². The number of nitrogens with one attached hydrogen (secondary N) is 1. The highest BCUT2D eigenvalue weighted by molar-refractivity contribution is 5.79. The lowest BCUT2D eigenvalue weighted by Crippen LogP contribution is -2.35. The Kier molecular flexibility index (Phi) is 6.33. The minimum Gasteiger partial charge on any atom is -0.335 e. The lowest BCUT2D eigenvalue weighted by molar-refractivity contribution is -0.120. The van der Waals surface area contributed by atoms with Gasteiger partial charge in [-0.25, -0.2) is 0 Å². The van der Waals surface area contributed by atoms with Crippen LogP contribution < -0.4 is 11.1 Å². The van der Waals surface area contributed by atoms with Crippen LogP contribution in [-0.4, -0.2) is 5.91 Å². The number of carbonyl (C=O) groups excluding carboxylic acids is 1. The molecule has 0 saturated heterocycles. The van der Waals surface area contributed by atoms with Crippen LogP contribution in [0.4, 0.5) is 0 Å². The van der Waals surface area contributed by atoms with E-state index >= 15 is 0 Å². The highest BCUT2D eigenvalue weighted by atomic mass is 16.1. The van der Waals surface area contributed by atoms with Crippen LogP contribution in [0.5, 0.6) is 0 Å². The molecule has 0 heterocycles. The normalized spacial score (nSPS) is 10.5. The first-order valence-corrected chi connectivity index (χ1v) is 6.17. The average molecular weight is 233 g/mol. The van der Waals surface area contributed by atoms with Crippen molar-refractivity contribution in [2.24, 2.45) is 5.73 Å². The maximum atomic E-state index is 11.6. The zero-order valence-corrected chi connectivity index (χ0v) is 10.4. The summed E-state index contributed by atoms with van der Waals surface area (Å²) in [7, 11) is 0. The molecule has 0 aromatic heterocycles. The number of amides is 1. The summed E-state index contributed by atoms with van der Waals surface area (Å²) in [4.78, 5) is 11.6. The highest BCUT2D eigenvalue weighted by Gasteiger charge is 2.08. The number of benzene rings is 1. The molecule has 0 atom stereocenters. The number of hydrogen-bond donors (Lipinski definition) is 2. The molecule has 1 aromatic carbocycles. The molecular weight excluding hydrogens is 212 g/mol. The Morgan fingerprint density at radius 3 is 2.59 bits per heavy atom. The second-order valence-corrected chi connectivity index (χ2v) is 4.19. The lowest BCUT2D eigenvalue weighted by Gasteiger charge is -2.12. The van der Waals surface area contributed by atoms with Crippen LogP contribution in [0, 0.1) is 6.17 Å². The summed E-state index contributed by atoms with van der Waals surface area (Å²) in [5.41, 5.74) is 6.76. The summed E-state index contributed by atoms with van der Waals surface area (Å²) >= 11 is 0. The zero-order chi connectivity index (χ0) is 12.5. The van der Waals surface area contributed by atoms with Crippen molar-refractivity contribution in [1.82, 2.24) is 5.32 Å². The van der Waals surface area contributed by atoms with Gasteiger partial charge in [0.2, 0.25) is 5.91 Å². The van der Waals surface area contributed by atoms with E-state index < -0.39 is 0 Å². The molecular formula is C14H21N2O. The van der Waals surface area contributed by atoms with Crippen LogP contribution >= 0.6 is 0 Å². The predicted molar refractivity (Wildman–Crippen MR) is 69.9 cm³/mol. The lowest BCUT2D eigenvalue weighted by atomic mass is 10.1. The Labute approximate surface area is 103 Å². The summed E-state index contributed by atoms with van der Waals surface area (Å²) in [6.45, 7) is 2.14. The fourth-order valence-corrected chi connectivity index (χ4v) is 1.63. The maximum absolute atomic E-state index is 11.6. The van der Waals surface area contributed by atoms with Gasteiger partial charge < -0.3 is 11.1 Å².